The zero-order valence-electron chi connectivity index (χ0n) is 7.48. The first-order chi connectivity index (χ1) is 5.68. The number of aliphatic hydroxyl groups excluding tert-OH is 1. The van der Waals surface area contributed by atoms with Crippen molar-refractivity contribution >= 4 is 7.05 Å². The molecule has 2 saturated heterocycles. The van der Waals surface area contributed by atoms with Crippen molar-refractivity contribution in [3.63, 3.8) is 0 Å². The Hall–Kier alpha value is -0.0551. The highest BCUT2D eigenvalue weighted by molar-refractivity contribution is 6.45. The summed E-state index contributed by atoms with van der Waals surface area (Å²) in [6.45, 7) is 1.82. The van der Waals surface area contributed by atoms with Crippen molar-refractivity contribution in [2.24, 2.45) is 0 Å². The van der Waals surface area contributed by atoms with Crippen molar-refractivity contribution < 1.29 is 10.1 Å². The molecule has 0 amide bonds. The van der Waals surface area contributed by atoms with Crippen molar-refractivity contribution in [1.29, 1.82) is 0 Å². The van der Waals surface area contributed by atoms with Crippen molar-refractivity contribution in [3.05, 3.63) is 0 Å². The van der Waals surface area contributed by atoms with E-state index in [2.05, 4.69) is 4.81 Å². The van der Waals surface area contributed by atoms with Gasteiger partial charge in [-0.25, -0.2) is 0 Å². The van der Waals surface area contributed by atoms with Crippen LogP contribution in [0.1, 0.15) is 25.7 Å². The van der Waals surface area contributed by atoms with E-state index in [1.54, 1.807) is 0 Å². The first-order valence-electron chi connectivity index (χ1n) is 4.82. The van der Waals surface area contributed by atoms with Crippen LogP contribution in [0.25, 0.3) is 0 Å². The molecule has 3 nitrogen and oxygen atoms in total. The molecule has 68 valence electrons. The van der Waals surface area contributed by atoms with Gasteiger partial charge in [0, 0.05) is 12.1 Å². The minimum Gasteiger partial charge on any atom is -0.437 e. The number of hydrogen-bond donors (Lipinski definition) is 2. The van der Waals surface area contributed by atoms with Crippen LogP contribution in [-0.2, 0) is 0 Å². The van der Waals surface area contributed by atoms with Crippen molar-refractivity contribution in [3.8, 4) is 0 Å². The van der Waals surface area contributed by atoms with E-state index in [9.17, 15) is 10.1 Å². The van der Waals surface area contributed by atoms with Crippen LogP contribution in [0.5, 0.6) is 0 Å². The zero-order chi connectivity index (χ0) is 8.72. The molecule has 2 bridgehead atoms. The summed E-state index contributed by atoms with van der Waals surface area (Å²) >= 11 is 0. The standard InChI is InChI=1S/C8H16BNO2/c1-9(12)10-6-2-3-7(10)5-8(11)4-6/h6-8,11-12H,2-5H2,1H3/t6-,7?,8?/m0/s1. The molecule has 4 heteroatoms. The summed E-state index contributed by atoms with van der Waals surface area (Å²) in [7, 11) is -0.338. The lowest BCUT2D eigenvalue weighted by atomic mass is 9.79. The molecule has 2 unspecified atom stereocenters. The summed E-state index contributed by atoms with van der Waals surface area (Å²) in [6.07, 6.45) is 3.86. The third-order valence-corrected chi connectivity index (χ3v) is 3.20. The highest BCUT2D eigenvalue weighted by Gasteiger charge is 2.42. The fourth-order valence-corrected chi connectivity index (χ4v) is 2.79. The van der Waals surface area contributed by atoms with Crippen LogP contribution in [0.4, 0.5) is 0 Å². The molecule has 0 radical (unpaired) electrons. The molecule has 2 aliphatic rings. The largest absolute Gasteiger partial charge is 0.437 e. The first-order valence-corrected chi connectivity index (χ1v) is 4.82. The number of piperidine rings is 1. The molecule has 0 spiro atoms. The SMILES string of the molecule is CB(O)N1C2CC[C@H]1CC(O)C2. The molecule has 0 aromatic heterocycles. The van der Waals surface area contributed by atoms with Gasteiger partial charge in [0.2, 0.25) is 0 Å². The molecule has 0 aromatic carbocycles. The lowest BCUT2D eigenvalue weighted by Crippen LogP contribution is -2.51. The summed E-state index contributed by atoms with van der Waals surface area (Å²) in [5, 5.41) is 19.0. The van der Waals surface area contributed by atoms with Gasteiger partial charge in [-0.3, -0.25) is 0 Å². The topological polar surface area (TPSA) is 43.7 Å². The summed E-state index contributed by atoms with van der Waals surface area (Å²) in [5.74, 6) is 0. The summed E-state index contributed by atoms with van der Waals surface area (Å²) < 4.78 is 0. The second-order valence-electron chi connectivity index (χ2n) is 4.09. The third kappa shape index (κ3) is 1.28. The monoisotopic (exact) mass is 169 g/mol. The lowest BCUT2D eigenvalue weighted by molar-refractivity contribution is 0.0687. The van der Waals surface area contributed by atoms with Gasteiger partial charge in [-0.2, -0.15) is 0 Å². The molecule has 2 aliphatic heterocycles. The second kappa shape index (κ2) is 3.02. The van der Waals surface area contributed by atoms with Crippen LogP contribution in [0.15, 0.2) is 0 Å². The van der Waals surface area contributed by atoms with Gasteiger partial charge in [0.05, 0.1) is 6.10 Å². The van der Waals surface area contributed by atoms with Gasteiger partial charge in [0.1, 0.15) is 0 Å². The lowest BCUT2D eigenvalue weighted by Gasteiger charge is -2.37. The van der Waals surface area contributed by atoms with Gasteiger partial charge >= 0.3 is 7.05 Å². The Kier molecular flexibility index (Phi) is 2.15. The number of rotatable bonds is 1. The number of fused-ring (bicyclic) bond motifs is 2. The normalized spacial score (nSPS) is 41.8. The van der Waals surface area contributed by atoms with Crippen LogP contribution in [-0.4, -0.2) is 40.2 Å². The fraction of sp³-hybridized carbons (Fsp3) is 1.00. The van der Waals surface area contributed by atoms with Crippen LogP contribution >= 0.6 is 0 Å². The summed E-state index contributed by atoms with van der Waals surface area (Å²) in [5.41, 5.74) is 0. The highest BCUT2D eigenvalue weighted by atomic mass is 16.3. The van der Waals surface area contributed by atoms with E-state index in [1.165, 1.54) is 0 Å². The van der Waals surface area contributed by atoms with E-state index in [-0.39, 0.29) is 13.2 Å². The second-order valence-corrected chi connectivity index (χ2v) is 4.09. The zero-order valence-corrected chi connectivity index (χ0v) is 7.48. The molecular weight excluding hydrogens is 153 g/mol. The Bertz CT molecular complexity index is 162. The van der Waals surface area contributed by atoms with E-state index in [0.29, 0.717) is 12.1 Å². The predicted octanol–water partition coefficient (Wildman–Crippen LogP) is 0.0844. The number of aliphatic hydroxyl groups is 1. The Morgan fingerprint density at radius 1 is 1.25 bits per heavy atom. The maximum absolute atomic E-state index is 9.49. The van der Waals surface area contributed by atoms with Crippen LogP contribution in [0.3, 0.4) is 0 Å². The maximum atomic E-state index is 9.49. The van der Waals surface area contributed by atoms with Crippen molar-refractivity contribution in [2.45, 2.75) is 50.7 Å². The third-order valence-electron chi connectivity index (χ3n) is 3.20. The van der Waals surface area contributed by atoms with Crippen LogP contribution < -0.4 is 0 Å². The predicted molar refractivity (Wildman–Crippen MR) is 47.7 cm³/mol. The minimum absolute atomic E-state index is 0.127. The average molecular weight is 169 g/mol. The summed E-state index contributed by atoms with van der Waals surface area (Å²) in [6, 6.07) is 0.859. The molecule has 0 aliphatic carbocycles. The molecule has 0 aromatic rings. The van der Waals surface area contributed by atoms with E-state index >= 15 is 0 Å². The molecule has 3 atom stereocenters. The van der Waals surface area contributed by atoms with Gasteiger partial charge in [-0.1, -0.05) is 0 Å². The minimum atomic E-state index is -0.338. The van der Waals surface area contributed by atoms with Gasteiger partial charge in [0.25, 0.3) is 0 Å². The van der Waals surface area contributed by atoms with E-state index < -0.39 is 0 Å². The van der Waals surface area contributed by atoms with Crippen molar-refractivity contribution in [1.82, 2.24) is 4.81 Å². The van der Waals surface area contributed by atoms with E-state index in [4.69, 9.17) is 0 Å². The molecular formula is C8H16BNO2. The van der Waals surface area contributed by atoms with Crippen LogP contribution in [0.2, 0.25) is 6.82 Å². The molecule has 2 rings (SSSR count). The molecule has 2 N–H and O–H groups in total. The number of hydrogen-bond acceptors (Lipinski definition) is 3. The molecule has 2 fully saturated rings. The Labute approximate surface area is 73.5 Å². The van der Waals surface area contributed by atoms with Gasteiger partial charge < -0.3 is 14.9 Å². The Morgan fingerprint density at radius 3 is 2.17 bits per heavy atom. The van der Waals surface area contributed by atoms with Gasteiger partial charge in [-0.05, 0) is 32.5 Å². The molecule has 2 heterocycles. The number of nitrogens with zero attached hydrogens (tertiary/aromatic N) is 1. The maximum Gasteiger partial charge on any atom is 0.376 e. The molecule has 0 saturated carbocycles. The van der Waals surface area contributed by atoms with Crippen LogP contribution in [0, 0.1) is 0 Å². The van der Waals surface area contributed by atoms with Gasteiger partial charge in [0.15, 0.2) is 0 Å². The van der Waals surface area contributed by atoms with E-state index in [0.717, 1.165) is 25.7 Å². The average Bonchev–Trinajstić information content (AvgIpc) is 2.24. The van der Waals surface area contributed by atoms with Crippen molar-refractivity contribution in [2.75, 3.05) is 0 Å². The van der Waals surface area contributed by atoms with Gasteiger partial charge in [-0.15, -0.1) is 0 Å². The smallest absolute Gasteiger partial charge is 0.376 e. The van der Waals surface area contributed by atoms with E-state index in [1.807, 2.05) is 6.82 Å². The highest BCUT2D eigenvalue weighted by Crippen LogP contribution is 2.35. The summed E-state index contributed by atoms with van der Waals surface area (Å²) in [4.78, 5) is 2.16. The fourth-order valence-electron chi connectivity index (χ4n) is 2.79. The molecule has 12 heavy (non-hydrogen) atoms. The quantitative estimate of drug-likeness (QED) is 0.546. The Balaban J connectivity index is 2.09. The first kappa shape index (κ1) is 8.54. The Morgan fingerprint density at radius 2 is 1.75 bits per heavy atom.